The number of carbonyl (C=O) groups excluding carboxylic acids is 2. The number of amides is 2. The molecule has 0 bridgehead atoms. The van der Waals surface area contributed by atoms with Gasteiger partial charge in [-0.3, -0.25) is 14.6 Å². The van der Waals surface area contributed by atoms with Gasteiger partial charge in [0.1, 0.15) is 5.75 Å². The van der Waals surface area contributed by atoms with Crippen molar-refractivity contribution in [1.82, 2.24) is 14.8 Å². The normalized spacial score (nSPS) is 18.1. The van der Waals surface area contributed by atoms with Gasteiger partial charge in [0.25, 0.3) is 11.8 Å². The van der Waals surface area contributed by atoms with Crippen LogP contribution in [0.2, 0.25) is 0 Å². The Balaban J connectivity index is 1.22. The fourth-order valence-corrected chi connectivity index (χ4v) is 4.28. The monoisotopic (exact) mass is 421 g/mol. The molecule has 1 aromatic carbocycles. The highest BCUT2D eigenvalue weighted by molar-refractivity contribution is 5.94. The van der Waals surface area contributed by atoms with Gasteiger partial charge in [0, 0.05) is 49.7 Å². The number of aromatic nitrogens is 1. The number of rotatable bonds is 5. The first kappa shape index (κ1) is 21.3. The molecule has 2 aliphatic rings. The zero-order chi connectivity index (χ0) is 21.6. The third-order valence-corrected chi connectivity index (χ3v) is 6.49. The van der Waals surface area contributed by atoms with E-state index in [1.165, 1.54) is 0 Å². The molecule has 0 atom stereocenters. The highest BCUT2D eigenvalue weighted by atomic mass is 16.5. The molecule has 6 heteroatoms. The van der Waals surface area contributed by atoms with E-state index in [0.29, 0.717) is 24.0 Å². The summed E-state index contributed by atoms with van der Waals surface area (Å²) in [6, 6.07) is 11.0. The summed E-state index contributed by atoms with van der Waals surface area (Å²) < 4.78 is 5.98. The lowest BCUT2D eigenvalue weighted by molar-refractivity contribution is 0.0658. The van der Waals surface area contributed by atoms with Gasteiger partial charge in [0.05, 0.1) is 6.61 Å². The zero-order valence-corrected chi connectivity index (χ0v) is 18.2. The van der Waals surface area contributed by atoms with E-state index in [-0.39, 0.29) is 11.8 Å². The second-order valence-corrected chi connectivity index (χ2v) is 8.78. The first-order valence-electron chi connectivity index (χ1n) is 11.3. The van der Waals surface area contributed by atoms with Gasteiger partial charge in [0.2, 0.25) is 0 Å². The van der Waals surface area contributed by atoms with Crippen LogP contribution in [0.1, 0.15) is 53.3 Å². The number of hydrogen-bond donors (Lipinski definition) is 0. The van der Waals surface area contributed by atoms with Crippen LogP contribution >= 0.6 is 0 Å². The Hall–Kier alpha value is -2.89. The third kappa shape index (κ3) is 5.43. The van der Waals surface area contributed by atoms with E-state index in [4.69, 9.17) is 4.74 Å². The Bertz CT molecular complexity index is 869. The molecule has 2 saturated heterocycles. The number of ether oxygens (including phenoxy) is 1. The first-order valence-corrected chi connectivity index (χ1v) is 11.3. The van der Waals surface area contributed by atoms with Crippen LogP contribution in [0.3, 0.4) is 0 Å². The lowest BCUT2D eigenvalue weighted by Gasteiger charge is -2.32. The minimum Gasteiger partial charge on any atom is -0.493 e. The number of piperidine rings is 2. The van der Waals surface area contributed by atoms with Crippen LogP contribution in [0, 0.1) is 11.8 Å². The molecular weight excluding hydrogens is 390 g/mol. The number of hydrogen-bond acceptors (Lipinski definition) is 4. The summed E-state index contributed by atoms with van der Waals surface area (Å²) >= 11 is 0. The molecule has 0 saturated carbocycles. The summed E-state index contributed by atoms with van der Waals surface area (Å²) in [6.45, 7) is 6.07. The van der Waals surface area contributed by atoms with Crippen molar-refractivity contribution < 1.29 is 14.3 Å². The van der Waals surface area contributed by atoms with E-state index < -0.39 is 0 Å². The van der Waals surface area contributed by atoms with Gasteiger partial charge in [-0.25, -0.2) is 0 Å². The summed E-state index contributed by atoms with van der Waals surface area (Å²) in [5, 5.41) is 0. The Morgan fingerprint density at radius 1 is 0.839 bits per heavy atom. The molecule has 31 heavy (non-hydrogen) atoms. The van der Waals surface area contributed by atoms with Crippen molar-refractivity contribution in [3.8, 4) is 5.75 Å². The molecule has 0 N–H and O–H groups in total. The summed E-state index contributed by atoms with van der Waals surface area (Å²) in [4.78, 5) is 33.0. The minimum absolute atomic E-state index is 0.0742. The third-order valence-electron chi connectivity index (χ3n) is 6.49. The molecule has 0 aliphatic carbocycles. The van der Waals surface area contributed by atoms with Crippen molar-refractivity contribution in [2.75, 3.05) is 32.8 Å². The molecule has 3 heterocycles. The topological polar surface area (TPSA) is 62.7 Å². The van der Waals surface area contributed by atoms with E-state index >= 15 is 0 Å². The minimum atomic E-state index is 0.0742. The summed E-state index contributed by atoms with van der Waals surface area (Å²) in [6.07, 6.45) is 7.33. The summed E-state index contributed by atoms with van der Waals surface area (Å²) in [5.41, 5.74) is 1.42. The van der Waals surface area contributed by atoms with Gasteiger partial charge in [0.15, 0.2) is 0 Å². The standard InChI is InChI=1S/C25H31N3O3/c1-19-8-14-27(15-9-19)24(29)21-2-4-23(5-3-21)31-18-20-10-16-28(17-11-20)25(30)22-6-12-26-13-7-22/h2-7,12-13,19-20H,8-11,14-18H2,1H3. The lowest BCUT2D eigenvalue weighted by atomic mass is 9.97. The molecule has 0 unspecified atom stereocenters. The molecule has 1 aromatic heterocycles. The number of pyridine rings is 1. The van der Waals surface area contributed by atoms with Crippen LogP contribution in [-0.4, -0.2) is 59.4 Å². The Morgan fingerprint density at radius 2 is 1.35 bits per heavy atom. The summed E-state index contributed by atoms with van der Waals surface area (Å²) in [7, 11) is 0. The number of likely N-dealkylation sites (tertiary alicyclic amines) is 2. The lowest BCUT2D eigenvalue weighted by Crippen LogP contribution is -2.39. The molecule has 164 valence electrons. The average molecular weight is 422 g/mol. The molecule has 6 nitrogen and oxygen atoms in total. The van der Waals surface area contributed by atoms with Crippen molar-refractivity contribution in [3.63, 3.8) is 0 Å². The zero-order valence-electron chi connectivity index (χ0n) is 18.2. The van der Waals surface area contributed by atoms with E-state index in [2.05, 4.69) is 11.9 Å². The van der Waals surface area contributed by atoms with Crippen molar-refractivity contribution in [2.45, 2.75) is 32.6 Å². The van der Waals surface area contributed by atoms with E-state index in [9.17, 15) is 9.59 Å². The van der Waals surface area contributed by atoms with Crippen LogP contribution in [0.25, 0.3) is 0 Å². The Morgan fingerprint density at radius 3 is 1.94 bits per heavy atom. The van der Waals surface area contributed by atoms with E-state index in [1.54, 1.807) is 24.5 Å². The maximum atomic E-state index is 12.7. The van der Waals surface area contributed by atoms with Crippen LogP contribution in [-0.2, 0) is 0 Å². The quantitative estimate of drug-likeness (QED) is 0.735. The smallest absolute Gasteiger partial charge is 0.253 e. The molecular formula is C25H31N3O3. The molecule has 4 rings (SSSR count). The fraction of sp³-hybridized carbons (Fsp3) is 0.480. The molecule has 2 aromatic rings. The van der Waals surface area contributed by atoms with Gasteiger partial charge < -0.3 is 14.5 Å². The number of benzene rings is 1. The predicted molar refractivity (Wildman–Crippen MR) is 119 cm³/mol. The number of nitrogens with zero attached hydrogens (tertiary/aromatic N) is 3. The first-order chi connectivity index (χ1) is 15.1. The van der Waals surface area contributed by atoms with Crippen molar-refractivity contribution in [2.24, 2.45) is 11.8 Å². The second-order valence-electron chi connectivity index (χ2n) is 8.78. The van der Waals surface area contributed by atoms with Crippen LogP contribution < -0.4 is 4.74 Å². The largest absolute Gasteiger partial charge is 0.493 e. The molecule has 2 fully saturated rings. The van der Waals surface area contributed by atoms with Gasteiger partial charge in [-0.2, -0.15) is 0 Å². The predicted octanol–water partition coefficient (Wildman–Crippen LogP) is 3.88. The van der Waals surface area contributed by atoms with E-state index in [1.807, 2.05) is 34.1 Å². The Kier molecular flexibility index (Phi) is 6.85. The van der Waals surface area contributed by atoms with Crippen molar-refractivity contribution in [1.29, 1.82) is 0 Å². The van der Waals surface area contributed by atoms with Crippen LogP contribution in [0.4, 0.5) is 0 Å². The molecule has 2 amide bonds. The highest BCUT2D eigenvalue weighted by Crippen LogP contribution is 2.22. The van der Waals surface area contributed by atoms with Gasteiger partial charge >= 0.3 is 0 Å². The van der Waals surface area contributed by atoms with Crippen LogP contribution in [0.15, 0.2) is 48.8 Å². The maximum Gasteiger partial charge on any atom is 0.253 e. The average Bonchev–Trinajstić information content (AvgIpc) is 2.83. The molecule has 2 aliphatic heterocycles. The van der Waals surface area contributed by atoms with Gasteiger partial charge in [-0.05, 0) is 73.9 Å². The maximum absolute atomic E-state index is 12.7. The summed E-state index contributed by atoms with van der Waals surface area (Å²) in [5.74, 6) is 2.12. The van der Waals surface area contributed by atoms with Crippen LogP contribution in [0.5, 0.6) is 5.75 Å². The highest BCUT2D eigenvalue weighted by Gasteiger charge is 2.24. The van der Waals surface area contributed by atoms with Crippen molar-refractivity contribution >= 4 is 11.8 Å². The Labute approximate surface area is 184 Å². The van der Waals surface area contributed by atoms with Gasteiger partial charge in [-0.15, -0.1) is 0 Å². The SMILES string of the molecule is CC1CCN(C(=O)c2ccc(OCC3CCN(C(=O)c4ccncc4)CC3)cc2)CC1. The molecule has 0 spiro atoms. The van der Waals surface area contributed by atoms with E-state index in [0.717, 1.165) is 63.2 Å². The van der Waals surface area contributed by atoms with Crippen molar-refractivity contribution in [3.05, 3.63) is 59.9 Å². The van der Waals surface area contributed by atoms with Gasteiger partial charge in [-0.1, -0.05) is 6.92 Å². The fourth-order valence-electron chi connectivity index (χ4n) is 4.28. The number of carbonyl (C=O) groups is 2. The second kappa shape index (κ2) is 9.94. The molecule has 0 radical (unpaired) electrons.